The van der Waals surface area contributed by atoms with Crippen LogP contribution < -0.4 is 14.9 Å². The Morgan fingerprint density at radius 2 is 1.96 bits per heavy atom. The molecule has 2 atom stereocenters. The van der Waals surface area contributed by atoms with Gasteiger partial charge in [0.15, 0.2) is 0 Å². The van der Waals surface area contributed by atoms with Crippen LogP contribution in [0.2, 0.25) is 0 Å². The van der Waals surface area contributed by atoms with Gasteiger partial charge in [-0.3, -0.25) is 4.79 Å². The largest absolute Gasteiger partial charge is 0.495 e. The highest BCUT2D eigenvalue weighted by atomic mass is 79.9. The molecule has 4 rings (SSSR count). The number of benzene rings is 2. The van der Waals surface area contributed by atoms with Crippen LogP contribution in [0.1, 0.15) is 25.5 Å². The summed E-state index contributed by atoms with van der Waals surface area (Å²) in [5, 5.41) is 12.0. The Labute approximate surface area is 173 Å². The van der Waals surface area contributed by atoms with Crippen LogP contribution in [0.5, 0.6) is 11.5 Å². The number of halogens is 2. The van der Waals surface area contributed by atoms with Gasteiger partial charge in [0.25, 0.3) is 0 Å². The number of methoxy groups -OCH3 is 1. The zero-order valence-corrected chi connectivity index (χ0v) is 18.5. The van der Waals surface area contributed by atoms with Gasteiger partial charge in [-0.05, 0) is 41.9 Å². The predicted molar refractivity (Wildman–Crippen MR) is 113 cm³/mol. The lowest BCUT2D eigenvalue weighted by Crippen LogP contribution is -2.45. The van der Waals surface area contributed by atoms with Gasteiger partial charge in [0.1, 0.15) is 23.2 Å². The Hall–Kier alpha value is -1.57. The number of hydrogen-bond acceptors (Lipinski definition) is 4. The van der Waals surface area contributed by atoms with E-state index >= 15 is 0 Å². The number of nitrogens with zero attached hydrogens (tertiary/aromatic N) is 1. The molecule has 2 aromatic carbocycles. The van der Waals surface area contributed by atoms with Crippen LogP contribution in [0, 0.1) is 0 Å². The van der Waals surface area contributed by atoms with Crippen LogP contribution in [-0.4, -0.2) is 27.2 Å². The van der Waals surface area contributed by atoms with E-state index in [0.29, 0.717) is 37.8 Å². The van der Waals surface area contributed by atoms with E-state index in [-0.39, 0.29) is 10.3 Å². The number of hydrogen-bond donors (Lipinski definition) is 1. The van der Waals surface area contributed by atoms with Crippen LogP contribution in [0.15, 0.2) is 33.5 Å². The number of rotatable bonds is 1. The maximum absolute atomic E-state index is 13.3. The van der Waals surface area contributed by atoms with Crippen molar-refractivity contribution >= 4 is 53.7 Å². The Kier molecular flexibility index (Phi) is 4.33. The number of fused-ring (bicyclic) bond motifs is 3. The molecule has 1 N–H and O–H groups in total. The predicted octanol–water partition coefficient (Wildman–Crippen LogP) is 4.43. The average molecular weight is 497 g/mol. The minimum Gasteiger partial charge on any atom is -0.495 e. The summed E-state index contributed by atoms with van der Waals surface area (Å²) in [7, 11) is 3.41. The van der Waals surface area contributed by atoms with Crippen molar-refractivity contribution in [2.24, 2.45) is 7.05 Å². The van der Waals surface area contributed by atoms with Crippen molar-refractivity contribution in [2.75, 3.05) is 7.11 Å². The number of ether oxygens (including phenoxy) is 2. The summed E-state index contributed by atoms with van der Waals surface area (Å²) in [6, 6.07) is 7.44. The average Bonchev–Trinajstić information content (AvgIpc) is 2.64. The summed E-state index contributed by atoms with van der Waals surface area (Å²) in [6.07, 6.45) is -0.893. The highest BCUT2D eigenvalue weighted by Gasteiger charge is 2.45. The van der Waals surface area contributed by atoms with Gasteiger partial charge < -0.3 is 19.1 Å². The molecule has 27 heavy (non-hydrogen) atoms. The minimum atomic E-state index is -0.893. The fourth-order valence-electron chi connectivity index (χ4n) is 3.85. The minimum absolute atomic E-state index is 0.137. The highest BCUT2D eigenvalue weighted by molar-refractivity contribution is 9.10. The van der Waals surface area contributed by atoms with Crippen LogP contribution in [-0.2, 0) is 7.05 Å². The summed E-state index contributed by atoms with van der Waals surface area (Å²) >= 11 is 7.17. The lowest BCUT2D eigenvalue weighted by Gasteiger charge is -2.41. The molecule has 3 aromatic rings. The molecule has 0 unspecified atom stereocenters. The molecule has 142 valence electrons. The second kappa shape index (κ2) is 6.22. The zero-order valence-electron chi connectivity index (χ0n) is 15.3. The second-order valence-corrected chi connectivity index (χ2v) is 9.05. The molecule has 5 nitrogen and oxygen atoms in total. The zero-order chi connectivity index (χ0) is 19.7. The number of aromatic nitrogens is 1. The molecule has 2 heterocycles. The summed E-state index contributed by atoms with van der Waals surface area (Å²) in [4.78, 5) is 13.0. The van der Waals surface area contributed by atoms with Crippen LogP contribution in [0.25, 0.3) is 21.8 Å². The number of aryl methyl sites for hydroxylation is 1. The first-order valence-electron chi connectivity index (χ1n) is 8.52. The highest BCUT2D eigenvalue weighted by Crippen LogP contribution is 2.53. The van der Waals surface area contributed by atoms with Crippen molar-refractivity contribution < 1.29 is 14.6 Å². The quantitative estimate of drug-likeness (QED) is 0.400. The molecule has 1 aromatic heterocycles. The standard InChI is InChI=1S/C20H19Br2NO4/c1-20(2)19(22)16(25)12-17(26-4)11-14(13(21)18(12)27-20)23(3)10-8-6-5-7-9(10)15(11)24/h5-8,16,19,25H,1-4H3/t16-,19+/m0/s1. The van der Waals surface area contributed by atoms with E-state index in [4.69, 9.17) is 9.47 Å². The second-order valence-electron chi connectivity index (χ2n) is 7.27. The van der Waals surface area contributed by atoms with Gasteiger partial charge in [-0.2, -0.15) is 0 Å². The maximum atomic E-state index is 13.3. The molecule has 1 aliphatic rings. The summed E-state index contributed by atoms with van der Waals surface area (Å²) in [6.45, 7) is 3.81. The molecule has 1 aliphatic heterocycles. The number of aliphatic hydroxyl groups is 1. The number of alkyl halides is 1. The van der Waals surface area contributed by atoms with E-state index in [2.05, 4.69) is 31.9 Å². The van der Waals surface area contributed by atoms with Gasteiger partial charge in [0.05, 0.1) is 38.4 Å². The topological polar surface area (TPSA) is 60.7 Å². The summed E-state index contributed by atoms with van der Waals surface area (Å²) in [5.41, 5.74) is 1.17. The third kappa shape index (κ3) is 2.48. The molecular formula is C20H19Br2NO4. The molecule has 0 saturated heterocycles. The van der Waals surface area contributed by atoms with Crippen LogP contribution in [0.4, 0.5) is 0 Å². The fraction of sp³-hybridized carbons (Fsp3) is 0.350. The van der Waals surface area contributed by atoms with Gasteiger partial charge in [-0.15, -0.1) is 0 Å². The molecule has 0 bridgehead atoms. The van der Waals surface area contributed by atoms with Crippen LogP contribution >= 0.6 is 31.9 Å². The van der Waals surface area contributed by atoms with Crippen LogP contribution in [0.3, 0.4) is 0 Å². The van der Waals surface area contributed by atoms with E-state index in [1.165, 1.54) is 7.11 Å². The Morgan fingerprint density at radius 3 is 2.63 bits per heavy atom. The SMILES string of the molecule is COc1c2c(c(Br)c3c1c(=O)c1ccccc1n3C)OC(C)(C)[C@H](Br)[C@H]2O. The van der Waals surface area contributed by atoms with Gasteiger partial charge in [0.2, 0.25) is 5.43 Å². The first kappa shape index (κ1) is 18.8. The van der Waals surface area contributed by atoms with Crippen molar-refractivity contribution in [3.05, 3.63) is 44.5 Å². The fourth-order valence-corrected chi connectivity index (χ4v) is 4.96. The first-order chi connectivity index (χ1) is 12.7. The van der Waals surface area contributed by atoms with Gasteiger partial charge in [-0.25, -0.2) is 0 Å². The third-order valence-corrected chi connectivity index (χ3v) is 7.58. The summed E-state index contributed by atoms with van der Waals surface area (Å²) < 4.78 is 14.5. The Balaban J connectivity index is 2.28. The number of pyridine rings is 1. The van der Waals surface area contributed by atoms with Crippen molar-refractivity contribution in [1.29, 1.82) is 0 Å². The maximum Gasteiger partial charge on any atom is 0.201 e. The lowest BCUT2D eigenvalue weighted by atomic mass is 9.89. The number of aliphatic hydroxyl groups excluding tert-OH is 1. The molecule has 7 heteroatoms. The van der Waals surface area contributed by atoms with E-state index < -0.39 is 11.7 Å². The first-order valence-corrected chi connectivity index (χ1v) is 10.2. The van der Waals surface area contributed by atoms with E-state index in [1.54, 1.807) is 6.07 Å². The molecule has 0 amide bonds. The van der Waals surface area contributed by atoms with Gasteiger partial charge >= 0.3 is 0 Å². The monoisotopic (exact) mass is 495 g/mol. The van der Waals surface area contributed by atoms with E-state index in [0.717, 1.165) is 5.52 Å². The van der Waals surface area contributed by atoms with Crippen molar-refractivity contribution in [3.63, 3.8) is 0 Å². The molecule has 0 spiro atoms. The number of para-hydroxylation sites is 1. The van der Waals surface area contributed by atoms with E-state index in [1.807, 2.05) is 43.7 Å². The van der Waals surface area contributed by atoms with Gasteiger partial charge in [0, 0.05) is 12.4 Å². The molecule has 0 fully saturated rings. The van der Waals surface area contributed by atoms with Crippen molar-refractivity contribution in [1.82, 2.24) is 4.57 Å². The van der Waals surface area contributed by atoms with Crippen molar-refractivity contribution in [2.45, 2.75) is 30.4 Å². The summed E-state index contributed by atoms with van der Waals surface area (Å²) in [5.74, 6) is 0.847. The Bertz CT molecular complexity index is 1150. The molecule has 0 aliphatic carbocycles. The Morgan fingerprint density at radius 1 is 1.30 bits per heavy atom. The molecule has 0 radical (unpaired) electrons. The smallest absolute Gasteiger partial charge is 0.201 e. The third-order valence-electron chi connectivity index (χ3n) is 5.24. The molecular weight excluding hydrogens is 478 g/mol. The molecule has 0 saturated carbocycles. The lowest BCUT2D eigenvalue weighted by molar-refractivity contribution is 0.0205. The van der Waals surface area contributed by atoms with Crippen molar-refractivity contribution in [3.8, 4) is 11.5 Å². The van der Waals surface area contributed by atoms with Gasteiger partial charge in [-0.1, -0.05) is 28.1 Å². The normalized spacial score (nSPS) is 21.1. The van der Waals surface area contributed by atoms with E-state index in [9.17, 15) is 9.90 Å².